The van der Waals surface area contributed by atoms with Gasteiger partial charge in [0.2, 0.25) is 0 Å². The Bertz CT molecular complexity index is 258. The number of hydrogen-bond donors (Lipinski definition) is 0. The van der Waals surface area contributed by atoms with Crippen molar-refractivity contribution in [3.05, 3.63) is 23.3 Å². The summed E-state index contributed by atoms with van der Waals surface area (Å²) in [7, 11) is -0.297. The zero-order chi connectivity index (χ0) is 10.2. The maximum Gasteiger partial charge on any atom is 0.00204 e. The first-order valence-corrected chi connectivity index (χ1v) is 8.64. The van der Waals surface area contributed by atoms with Gasteiger partial charge in [0, 0.05) is 5.92 Å². The Morgan fingerprint density at radius 2 is 1.71 bits per heavy atom. The Labute approximate surface area is 89.8 Å². The molecule has 0 saturated heterocycles. The van der Waals surface area contributed by atoms with Crippen LogP contribution in [-0.4, -0.2) is 24.5 Å². The third kappa shape index (κ3) is 2.25. The van der Waals surface area contributed by atoms with E-state index in [0.717, 1.165) is 5.92 Å². The lowest BCUT2D eigenvalue weighted by Gasteiger charge is -2.30. The second-order valence-corrected chi connectivity index (χ2v) is 10.1. The summed E-state index contributed by atoms with van der Waals surface area (Å²) in [5, 5.41) is 0. The van der Waals surface area contributed by atoms with Gasteiger partial charge in [-0.25, -0.2) is 10.0 Å². The van der Waals surface area contributed by atoms with Crippen molar-refractivity contribution in [1.82, 2.24) is 0 Å². The highest BCUT2D eigenvalue weighted by atomic mass is 32.3. The third-order valence-corrected chi connectivity index (χ3v) is 4.82. The molecule has 1 fully saturated rings. The van der Waals surface area contributed by atoms with E-state index < -0.39 is 0 Å². The van der Waals surface area contributed by atoms with Crippen LogP contribution in [0.1, 0.15) is 25.7 Å². The van der Waals surface area contributed by atoms with E-state index in [1.165, 1.54) is 31.4 Å². The first-order chi connectivity index (χ1) is 6.56. The van der Waals surface area contributed by atoms with Crippen LogP contribution in [0, 0.1) is 5.92 Å². The van der Waals surface area contributed by atoms with E-state index >= 15 is 0 Å². The maximum absolute atomic E-state index is 2.43. The SMILES string of the molecule is CS(C)(C)CCC1C2=CC=C1CCC2. The zero-order valence-electron chi connectivity index (χ0n) is 9.68. The van der Waals surface area contributed by atoms with Gasteiger partial charge in [0.15, 0.2) is 0 Å². The summed E-state index contributed by atoms with van der Waals surface area (Å²) in [5.41, 5.74) is 3.46. The minimum atomic E-state index is -0.297. The van der Waals surface area contributed by atoms with Crippen molar-refractivity contribution < 1.29 is 0 Å². The summed E-state index contributed by atoms with van der Waals surface area (Å²) in [6, 6.07) is 0. The van der Waals surface area contributed by atoms with Gasteiger partial charge in [-0.2, -0.15) is 0 Å². The first kappa shape index (κ1) is 10.4. The van der Waals surface area contributed by atoms with Crippen LogP contribution in [0.25, 0.3) is 0 Å². The predicted molar refractivity (Wildman–Crippen MR) is 68.4 cm³/mol. The van der Waals surface area contributed by atoms with Gasteiger partial charge in [-0.1, -0.05) is 23.3 Å². The van der Waals surface area contributed by atoms with E-state index in [1.807, 2.05) is 0 Å². The van der Waals surface area contributed by atoms with Gasteiger partial charge in [0.1, 0.15) is 0 Å². The molecule has 0 heterocycles. The molecule has 0 atom stereocenters. The van der Waals surface area contributed by atoms with E-state index in [-0.39, 0.29) is 10.0 Å². The topological polar surface area (TPSA) is 0 Å². The fourth-order valence-corrected chi connectivity index (χ4v) is 3.48. The molecule has 2 rings (SSSR count). The van der Waals surface area contributed by atoms with Crippen LogP contribution in [-0.2, 0) is 0 Å². The summed E-state index contributed by atoms with van der Waals surface area (Å²) in [5.74, 6) is 2.29. The summed E-state index contributed by atoms with van der Waals surface area (Å²) >= 11 is 0. The van der Waals surface area contributed by atoms with E-state index in [4.69, 9.17) is 0 Å². The molecule has 0 aromatic carbocycles. The standard InChI is InChI=1S/C13H22S/c1-14(2,3)10-9-13-11-5-4-6-12(13)8-7-11/h7-8,13H,4-6,9-10H2,1-3H3. The highest BCUT2D eigenvalue weighted by Gasteiger charge is 2.26. The molecule has 2 bridgehead atoms. The Morgan fingerprint density at radius 1 is 1.14 bits per heavy atom. The van der Waals surface area contributed by atoms with E-state index in [0.29, 0.717) is 0 Å². The van der Waals surface area contributed by atoms with Crippen LogP contribution >= 0.6 is 10.0 Å². The second-order valence-electron chi connectivity index (χ2n) is 5.47. The monoisotopic (exact) mass is 210 g/mol. The van der Waals surface area contributed by atoms with E-state index in [1.54, 1.807) is 11.1 Å². The van der Waals surface area contributed by atoms with Crippen molar-refractivity contribution in [2.75, 3.05) is 24.5 Å². The molecule has 0 unspecified atom stereocenters. The average molecular weight is 210 g/mol. The molecule has 1 saturated carbocycles. The highest BCUT2D eigenvalue weighted by Crippen LogP contribution is 2.44. The molecule has 80 valence electrons. The largest absolute Gasteiger partial charge is 0.250 e. The number of allylic oxidation sites excluding steroid dienone is 4. The summed E-state index contributed by atoms with van der Waals surface area (Å²) in [6.07, 6.45) is 17.6. The van der Waals surface area contributed by atoms with Crippen LogP contribution < -0.4 is 0 Å². The van der Waals surface area contributed by atoms with Crippen LogP contribution in [0.5, 0.6) is 0 Å². The van der Waals surface area contributed by atoms with Crippen molar-refractivity contribution in [1.29, 1.82) is 0 Å². The molecule has 0 amide bonds. The molecule has 0 nitrogen and oxygen atoms in total. The molecule has 0 radical (unpaired) electrons. The van der Waals surface area contributed by atoms with E-state index in [2.05, 4.69) is 30.9 Å². The second kappa shape index (κ2) is 3.77. The number of rotatable bonds is 3. The van der Waals surface area contributed by atoms with Gasteiger partial charge >= 0.3 is 0 Å². The Morgan fingerprint density at radius 3 is 2.21 bits per heavy atom. The molecule has 14 heavy (non-hydrogen) atoms. The number of fused-ring (bicyclic) bond motifs is 2. The minimum absolute atomic E-state index is 0.297. The molecule has 1 heteroatoms. The predicted octanol–water partition coefficient (Wildman–Crippen LogP) is 3.74. The lowest BCUT2D eigenvalue weighted by Crippen LogP contribution is -2.13. The quantitative estimate of drug-likeness (QED) is 0.666. The van der Waals surface area contributed by atoms with Gasteiger partial charge < -0.3 is 0 Å². The van der Waals surface area contributed by atoms with Crippen molar-refractivity contribution in [3.8, 4) is 0 Å². The van der Waals surface area contributed by atoms with Crippen molar-refractivity contribution in [2.45, 2.75) is 25.7 Å². The fraction of sp³-hybridized carbons (Fsp3) is 0.692. The zero-order valence-corrected chi connectivity index (χ0v) is 10.5. The Balaban J connectivity index is 1.94. The van der Waals surface area contributed by atoms with Crippen molar-refractivity contribution in [3.63, 3.8) is 0 Å². The molecule has 2 aliphatic rings. The van der Waals surface area contributed by atoms with Gasteiger partial charge in [-0.15, -0.1) is 0 Å². The van der Waals surface area contributed by atoms with Gasteiger partial charge in [0.25, 0.3) is 0 Å². The highest BCUT2D eigenvalue weighted by molar-refractivity contribution is 8.32. The molecule has 0 spiro atoms. The smallest absolute Gasteiger partial charge is 0.00204 e. The molecule has 0 aromatic heterocycles. The lowest BCUT2D eigenvalue weighted by molar-refractivity contribution is 0.569. The summed E-state index contributed by atoms with van der Waals surface area (Å²) in [6.45, 7) is 0. The molecular formula is C13H22S. The first-order valence-electron chi connectivity index (χ1n) is 5.62. The molecular weight excluding hydrogens is 188 g/mol. The molecule has 0 aliphatic heterocycles. The van der Waals surface area contributed by atoms with Gasteiger partial charge in [-0.3, -0.25) is 0 Å². The molecule has 0 N–H and O–H groups in total. The normalized spacial score (nSPS) is 23.4. The minimum Gasteiger partial charge on any atom is -0.250 e. The summed E-state index contributed by atoms with van der Waals surface area (Å²) in [4.78, 5) is 0. The average Bonchev–Trinajstić information content (AvgIpc) is 2.32. The van der Waals surface area contributed by atoms with Crippen LogP contribution in [0.4, 0.5) is 0 Å². The Hall–Kier alpha value is -0.170. The van der Waals surface area contributed by atoms with Crippen molar-refractivity contribution in [2.24, 2.45) is 5.92 Å². The van der Waals surface area contributed by atoms with Crippen molar-refractivity contribution >= 4 is 10.0 Å². The molecule has 2 aliphatic carbocycles. The van der Waals surface area contributed by atoms with Crippen LogP contribution in [0.15, 0.2) is 23.3 Å². The van der Waals surface area contributed by atoms with Gasteiger partial charge in [-0.05, 0) is 50.2 Å². The molecule has 0 aromatic rings. The Kier molecular flexibility index (Phi) is 2.79. The lowest BCUT2D eigenvalue weighted by atomic mass is 9.82. The fourth-order valence-electron chi connectivity index (χ4n) is 2.54. The van der Waals surface area contributed by atoms with Crippen LogP contribution in [0.3, 0.4) is 0 Å². The van der Waals surface area contributed by atoms with Crippen LogP contribution in [0.2, 0.25) is 0 Å². The van der Waals surface area contributed by atoms with E-state index in [9.17, 15) is 0 Å². The number of hydrogen-bond acceptors (Lipinski definition) is 0. The third-order valence-electron chi connectivity index (χ3n) is 3.36. The summed E-state index contributed by atoms with van der Waals surface area (Å²) < 4.78 is 0. The maximum atomic E-state index is 2.43. The van der Waals surface area contributed by atoms with Gasteiger partial charge in [0.05, 0.1) is 0 Å².